The second-order valence-corrected chi connectivity index (χ2v) is 4.91. The lowest BCUT2D eigenvalue weighted by Crippen LogP contribution is -2.32. The second kappa shape index (κ2) is 4.86. The van der Waals surface area contributed by atoms with Crippen LogP contribution in [0.1, 0.15) is 29.4 Å². The molecule has 1 fully saturated rings. The summed E-state index contributed by atoms with van der Waals surface area (Å²) >= 11 is 0. The van der Waals surface area contributed by atoms with E-state index >= 15 is 0 Å². The Labute approximate surface area is 116 Å². The average molecular weight is 266 g/mol. The number of hydrogen-bond donors (Lipinski definition) is 1. The molecule has 1 saturated carbocycles. The maximum absolute atomic E-state index is 12.6. The number of terminal acetylenes is 1. The fourth-order valence-corrected chi connectivity index (χ4v) is 2.37. The van der Waals surface area contributed by atoms with Crippen LogP contribution in [-0.2, 0) is 0 Å². The van der Waals surface area contributed by atoms with Gasteiger partial charge in [-0.1, -0.05) is 24.1 Å². The van der Waals surface area contributed by atoms with Gasteiger partial charge in [0, 0.05) is 11.4 Å². The highest BCUT2D eigenvalue weighted by molar-refractivity contribution is 5.96. The number of nitrogens with one attached hydrogen (secondary N) is 1. The number of fused-ring (bicyclic) bond motifs is 1. The lowest BCUT2D eigenvalue weighted by atomic mass is 10.1. The van der Waals surface area contributed by atoms with Crippen LogP contribution in [0.4, 0.5) is 0 Å². The van der Waals surface area contributed by atoms with E-state index in [9.17, 15) is 9.59 Å². The Hall–Kier alpha value is -2.54. The van der Waals surface area contributed by atoms with E-state index in [4.69, 9.17) is 6.42 Å². The lowest BCUT2D eigenvalue weighted by molar-refractivity contribution is 0.0948. The van der Waals surface area contributed by atoms with Crippen molar-refractivity contribution >= 4 is 16.7 Å². The highest BCUT2D eigenvalue weighted by Crippen LogP contribution is 2.35. The van der Waals surface area contributed by atoms with E-state index in [1.54, 1.807) is 16.7 Å². The lowest BCUT2D eigenvalue weighted by Gasteiger charge is -2.13. The Bertz CT molecular complexity index is 779. The summed E-state index contributed by atoms with van der Waals surface area (Å²) in [5.41, 5.74) is 0.294. The Morgan fingerprint density at radius 2 is 2.15 bits per heavy atom. The first kappa shape index (κ1) is 12.5. The third-order valence-corrected chi connectivity index (χ3v) is 3.46. The van der Waals surface area contributed by atoms with Gasteiger partial charge in [0.15, 0.2) is 0 Å². The monoisotopic (exact) mass is 266 g/mol. The van der Waals surface area contributed by atoms with Gasteiger partial charge in [-0.05, 0) is 30.4 Å². The Balaban J connectivity index is 2.19. The van der Waals surface area contributed by atoms with Crippen molar-refractivity contribution in [1.29, 1.82) is 0 Å². The molecule has 20 heavy (non-hydrogen) atoms. The zero-order valence-corrected chi connectivity index (χ0v) is 10.9. The molecule has 100 valence electrons. The number of carbonyl (C=O) groups excluding carboxylic acids is 1. The van der Waals surface area contributed by atoms with Crippen molar-refractivity contribution in [3.63, 3.8) is 0 Å². The first-order valence-electron chi connectivity index (χ1n) is 6.58. The number of hydrogen-bond acceptors (Lipinski definition) is 2. The Morgan fingerprint density at radius 1 is 1.40 bits per heavy atom. The van der Waals surface area contributed by atoms with E-state index in [1.165, 1.54) is 0 Å². The van der Waals surface area contributed by atoms with E-state index in [-0.39, 0.29) is 24.1 Å². The molecule has 0 unspecified atom stereocenters. The van der Waals surface area contributed by atoms with Crippen molar-refractivity contribution in [3.8, 4) is 12.3 Å². The van der Waals surface area contributed by atoms with Crippen molar-refractivity contribution < 1.29 is 4.79 Å². The van der Waals surface area contributed by atoms with Crippen molar-refractivity contribution in [1.82, 2.24) is 9.88 Å². The third-order valence-electron chi connectivity index (χ3n) is 3.46. The number of benzene rings is 1. The predicted molar refractivity (Wildman–Crippen MR) is 77.6 cm³/mol. The Kier molecular flexibility index (Phi) is 3.03. The van der Waals surface area contributed by atoms with Gasteiger partial charge in [0.25, 0.3) is 11.5 Å². The maximum Gasteiger partial charge on any atom is 0.268 e. The number of pyridine rings is 1. The van der Waals surface area contributed by atoms with Crippen LogP contribution in [0.3, 0.4) is 0 Å². The van der Waals surface area contributed by atoms with Crippen LogP contribution in [0.15, 0.2) is 35.1 Å². The summed E-state index contributed by atoms with van der Waals surface area (Å²) in [7, 11) is 0. The summed E-state index contributed by atoms with van der Waals surface area (Å²) in [5, 5.41) is 4.05. The van der Waals surface area contributed by atoms with E-state index in [0.29, 0.717) is 11.1 Å². The normalized spacial score (nSPS) is 13.9. The molecule has 1 heterocycles. The number of aromatic nitrogens is 1. The summed E-state index contributed by atoms with van der Waals surface area (Å²) < 4.78 is 1.61. The average Bonchev–Trinajstić information content (AvgIpc) is 3.29. The number of rotatable bonds is 3. The van der Waals surface area contributed by atoms with Gasteiger partial charge in [0.1, 0.15) is 5.69 Å². The summed E-state index contributed by atoms with van der Waals surface area (Å²) in [5.74, 6) is 2.07. The zero-order chi connectivity index (χ0) is 14.1. The van der Waals surface area contributed by atoms with Crippen molar-refractivity contribution in [2.24, 2.45) is 0 Å². The van der Waals surface area contributed by atoms with Crippen LogP contribution in [-0.4, -0.2) is 17.0 Å². The number of nitrogens with zero attached hydrogens (tertiary/aromatic N) is 1. The molecule has 0 atom stereocenters. The molecule has 3 rings (SSSR count). The zero-order valence-electron chi connectivity index (χ0n) is 10.9. The molecular formula is C16H14N2O2. The van der Waals surface area contributed by atoms with Gasteiger partial charge in [-0.15, -0.1) is 6.42 Å². The molecule has 1 N–H and O–H groups in total. The third kappa shape index (κ3) is 2.08. The number of carbonyl (C=O) groups is 1. The fraction of sp³-hybridized carbons (Fsp3) is 0.250. The minimum Gasteiger partial charge on any atom is -0.340 e. The van der Waals surface area contributed by atoms with Gasteiger partial charge in [-0.3, -0.25) is 9.59 Å². The number of amides is 1. The summed E-state index contributed by atoms with van der Waals surface area (Å²) in [4.78, 5) is 24.7. The quantitative estimate of drug-likeness (QED) is 0.860. The van der Waals surface area contributed by atoms with E-state index in [1.807, 2.05) is 18.2 Å². The molecule has 4 heteroatoms. The van der Waals surface area contributed by atoms with Crippen molar-refractivity contribution in [2.75, 3.05) is 6.54 Å². The van der Waals surface area contributed by atoms with Crippen LogP contribution in [0.2, 0.25) is 0 Å². The van der Waals surface area contributed by atoms with Crippen molar-refractivity contribution in [2.45, 2.75) is 18.9 Å². The van der Waals surface area contributed by atoms with Gasteiger partial charge >= 0.3 is 0 Å². The fourth-order valence-electron chi connectivity index (χ4n) is 2.37. The molecule has 1 aromatic heterocycles. The van der Waals surface area contributed by atoms with Crippen LogP contribution >= 0.6 is 0 Å². The summed E-state index contributed by atoms with van der Waals surface area (Å²) in [6.07, 6.45) is 7.03. The van der Waals surface area contributed by atoms with Crippen LogP contribution in [0.5, 0.6) is 0 Å². The van der Waals surface area contributed by atoms with Gasteiger partial charge in [0.2, 0.25) is 0 Å². The minimum absolute atomic E-state index is 0.101. The van der Waals surface area contributed by atoms with Crippen molar-refractivity contribution in [3.05, 3.63) is 46.4 Å². The van der Waals surface area contributed by atoms with E-state index in [2.05, 4.69) is 11.2 Å². The van der Waals surface area contributed by atoms with Crippen LogP contribution in [0, 0.1) is 12.3 Å². The van der Waals surface area contributed by atoms with E-state index in [0.717, 1.165) is 18.2 Å². The molecule has 0 spiro atoms. The smallest absolute Gasteiger partial charge is 0.268 e. The molecular weight excluding hydrogens is 252 g/mol. The maximum atomic E-state index is 12.6. The molecule has 0 saturated heterocycles. The topological polar surface area (TPSA) is 51.1 Å². The molecule has 1 aliphatic rings. The van der Waals surface area contributed by atoms with Crippen LogP contribution in [0.25, 0.3) is 10.8 Å². The second-order valence-electron chi connectivity index (χ2n) is 4.91. The first-order valence-corrected chi connectivity index (χ1v) is 6.58. The Morgan fingerprint density at radius 3 is 2.85 bits per heavy atom. The molecule has 1 amide bonds. The summed E-state index contributed by atoms with van der Waals surface area (Å²) in [6, 6.07) is 9.22. The molecule has 0 radical (unpaired) electrons. The largest absolute Gasteiger partial charge is 0.340 e. The molecule has 0 aliphatic heterocycles. The van der Waals surface area contributed by atoms with Gasteiger partial charge in [-0.25, -0.2) is 0 Å². The molecule has 2 aromatic rings. The van der Waals surface area contributed by atoms with Gasteiger partial charge < -0.3 is 9.88 Å². The van der Waals surface area contributed by atoms with Gasteiger partial charge in [-0.2, -0.15) is 0 Å². The summed E-state index contributed by atoms with van der Waals surface area (Å²) in [6.45, 7) is 0.157. The standard InChI is InChI=1S/C16H14N2O2/c1-2-9-17-15(19)14-10-11-5-3-4-6-13(11)16(20)18(14)12-7-8-12/h1,3-6,10,12H,7-9H2,(H,17,19). The predicted octanol–water partition coefficient (Wildman–Crippen LogP) is 1.70. The van der Waals surface area contributed by atoms with E-state index < -0.39 is 0 Å². The SMILES string of the molecule is C#CCNC(=O)c1cc2ccccc2c(=O)n1C1CC1. The molecule has 4 nitrogen and oxygen atoms in total. The minimum atomic E-state index is -0.294. The molecule has 1 aliphatic carbocycles. The highest BCUT2D eigenvalue weighted by Gasteiger charge is 2.29. The van der Waals surface area contributed by atoms with Crippen LogP contribution < -0.4 is 10.9 Å². The first-order chi connectivity index (χ1) is 9.72. The molecule has 0 bridgehead atoms. The highest BCUT2D eigenvalue weighted by atomic mass is 16.2. The van der Waals surface area contributed by atoms with Gasteiger partial charge in [0.05, 0.1) is 6.54 Å². The molecule has 1 aromatic carbocycles.